The summed E-state index contributed by atoms with van der Waals surface area (Å²) in [5.41, 5.74) is 6.07. The second-order valence-corrected chi connectivity index (χ2v) is 15.1. The number of hydrogen-bond acceptors (Lipinski definition) is 10. The van der Waals surface area contributed by atoms with Crippen molar-refractivity contribution in [1.82, 2.24) is 24.7 Å². The molecule has 44 heavy (non-hydrogen) atoms. The first-order valence-corrected chi connectivity index (χ1v) is 17.6. The summed E-state index contributed by atoms with van der Waals surface area (Å²) in [6.07, 6.45) is 5.39. The van der Waals surface area contributed by atoms with Crippen LogP contribution >= 0.6 is 23.1 Å². The fourth-order valence-electron chi connectivity index (χ4n) is 5.37. The number of halogens is 1. The molecule has 5 aromatic rings. The van der Waals surface area contributed by atoms with Crippen LogP contribution in [0.1, 0.15) is 5.56 Å². The van der Waals surface area contributed by atoms with Gasteiger partial charge in [-0.25, -0.2) is 9.97 Å². The van der Waals surface area contributed by atoms with Gasteiger partial charge in [-0.15, -0.1) is 0 Å². The lowest BCUT2D eigenvalue weighted by Crippen LogP contribution is -2.36. The molecule has 0 aliphatic carbocycles. The SMILES string of the molecule is COc1cc(Nc2ncc(Br)c(Nc3ccc4nc(-c5cnn(C)c5)ccc4c3P(C)(C)=O)n2)c(C)cc1N1CCOCC1. The van der Waals surface area contributed by atoms with E-state index in [9.17, 15) is 4.57 Å². The molecule has 0 saturated carbocycles. The highest BCUT2D eigenvalue weighted by atomic mass is 79.9. The Labute approximate surface area is 264 Å². The Morgan fingerprint density at radius 2 is 1.82 bits per heavy atom. The van der Waals surface area contributed by atoms with E-state index in [2.05, 4.69) is 47.6 Å². The molecule has 0 radical (unpaired) electrons. The zero-order valence-corrected chi connectivity index (χ0v) is 27.7. The molecule has 1 aliphatic heterocycles. The highest BCUT2D eigenvalue weighted by Crippen LogP contribution is 2.42. The predicted octanol–water partition coefficient (Wildman–Crippen LogP) is 6.08. The molecule has 0 spiro atoms. The van der Waals surface area contributed by atoms with Crippen LogP contribution in [0.4, 0.5) is 28.8 Å². The number of pyridine rings is 1. The molecule has 1 fully saturated rings. The van der Waals surface area contributed by atoms with Gasteiger partial charge < -0.3 is 29.6 Å². The molecule has 1 aliphatic rings. The average Bonchev–Trinajstić information content (AvgIpc) is 3.45. The highest BCUT2D eigenvalue weighted by Gasteiger charge is 2.23. The van der Waals surface area contributed by atoms with Gasteiger partial charge in [-0.05, 0) is 72.1 Å². The van der Waals surface area contributed by atoms with Gasteiger partial charge in [0.1, 0.15) is 18.7 Å². The van der Waals surface area contributed by atoms with Crippen molar-refractivity contribution in [3.63, 3.8) is 0 Å². The Hall–Kier alpha value is -3.99. The number of rotatable bonds is 8. The van der Waals surface area contributed by atoms with E-state index in [0.717, 1.165) is 57.9 Å². The van der Waals surface area contributed by atoms with E-state index in [1.54, 1.807) is 37.5 Å². The second kappa shape index (κ2) is 12.2. The van der Waals surface area contributed by atoms with Gasteiger partial charge in [-0.2, -0.15) is 10.1 Å². The summed E-state index contributed by atoms with van der Waals surface area (Å²) >= 11 is 3.59. The molecule has 0 unspecified atom stereocenters. The lowest BCUT2D eigenvalue weighted by molar-refractivity contribution is 0.122. The standard InChI is InChI=1S/C31H34BrN8O3P/c1-19-14-27(40-10-12-43-13-11-40)28(42-3)15-26(19)37-31-33-17-22(32)30(38-31)36-25-9-8-24-21(29(25)44(4,5)41)6-7-23(35-24)20-16-34-39(2)18-20/h6-9,14-18H,10-13H2,1-5H3,(H2,33,36,37,38). The first-order chi connectivity index (χ1) is 21.1. The van der Waals surface area contributed by atoms with Crippen molar-refractivity contribution in [3.8, 4) is 17.0 Å². The van der Waals surface area contributed by atoms with Crippen molar-refractivity contribution >= 4 is 68.1 Å². The van der Waals surface area contributed by atoms with Gasteiger partial charge in [0.15, 0.2) is 0 Å². The van der Waals surface area contributed by atoms with E-state index in [0.29, 0.717) is 40.4 Å². The van der Waals surface area contributed by atoms with Crippen molar-refractivity contribution in [2.45, 2.75) is 6.92 Å². The summed E-state index contributed by atoms with van der Waals surface area (Å²) in [4.78, 5) is 16.4. The number of fused-ring (bicyclic) bond motifs is 1. The molecule has 0 atom stereocenters. The van der Waals surface area contributed by atoms with Crippen molar-refractivity contribution in [2.75, 3.05) is 62.3 Å². The summed E-state index contributed by atoms with van der Waals surface area (Å²) in [6, 6.07) is 11.8. The topological polar surface area (TPSA) is 119 Å². The number of aryl methyl sites for hydroxylation is 2. The first kappa shape index (κ1) is 30.1. The molecule has 1 saturated heterocycles. The van der Waals surface area contributed by atoms with Crippen LogP contribution in [-0.2, 0) is 16.3 Å². The third kappa shape index (κ3) is 6.15. The third-order valence-electron chi connectivity index (χ3n) is 7.50. The predicted molar refractivity (Wildman–Crippen MR) is 180 cm³/mol. The minimum atomic E-state index is -2.75. The van der Waals surface area contributed by atoms with E-state index < -0.39 is 7.14 Å². The molecule has 2 aromatic carbocycles. The van der Waals surface area contributed by atoms with E-state index in [1.807, 2.05) is 50.5 Å². The van der Waals surface area contributed by atoms with Crippen molar-refractivity contribution in [2.24, 2.45) is 7.05 Å². The molecule has 0 bridgehead atoms. The number of ether oxygens (including phenoxy) is 2. The Morgan fingerprint density at radius 1 is 1.02 bits per heavy atom. The smallest absolute Gasteiger partial charge is 0.229 e. The zero-order chi connectivity index (χ0) is 31.0. The Balaban J connectivity index is 1.32. The maximum atomic E-state index is 13.7. The molecule has 228 valence electrons. The van der Waals surface area contributed by atoms with Crippen molar-refractivity contribution in [1.29, 1.82) is 0 Å². The van der Waals surface area contributed by atoms with E-state index in [4.69, 9.17) is 19.4 Å². The third-order valence-corrected chi connectivity index (χ3v) is 9.64. The second-order valence-electron chi connectivity index (χ2n) is 11.1. The number of benzene rings is 2. The zero-order valence-electron chi connectivity index (χ0n) is 25.3. The lowest BCUT2D eigenvalue weighted by atomic mass is 10.1. The maximum Gasteiger partial charge on any atom is 0.229 e. The van der Waals surface area contributed by atoms with Crippen LogP contribution in [0.2, 0.25) is 0 Å². The van der Waals surface area contributed by atoms with Crippen LogP contribution in [-0.4, -0.2) is 71.5 Å². The minimum Gasteiger partial charge on any atom is -0.495 e. The van der Waals surface area contributed by atoms with Crippen LogP contribution < -0.4 is 25.6 Å². The van der Waals surface area contributed by atoms with Gasteiger partial charge >= 0.3 is 0 Å². The van der Waals surface area contributed by atoms with Gasteiger partial charge in [-0.3, -0.25) is 4.68 Å². The summed E-state index contributed by atoms with van der Waals surface area (Å²) in [5, 5.41) is 12.5. The Bertz CT molecular complexity index is 1900. The molecule has 13 heteroatoms. The molecule has 11 nitrogen and oxygen atoms in total. The number of nitrogens with one attached hydrogen (secondary N) is 2. The summed E-state index contributed by atoms with van der Waals surface area (Å²) < 4.78 is 27.3. The largest absolute Gasteiger partial charge is 0.495 e. The van der Waals surface area contributed by atoms with Crippen LogP contribution in [0.5, 0.6) is 5.75 Å². The summed E-state index contributed by atoms with van der Waals surface area (Å²) in [7, 11) is 0.792. The van der Waals surface area contributed by atoms with Crippen molar-refractivity contribution < 1.29 is 14.0 Å². The minimum absolute atomic E-state index is 0.404. The van der Waals surface area contributed by atoms with Gasteiger partial charge in [0, 0.05) is 60.5 Å². The molecule has 0 amide bonds. The summed E-state index contributed by atoms with van der Waals surface area (Å²) in [6.45, 7) is 8.58. The van der Waals surface area contributed by atoms with Crippen LogP contribution in [0.15, 0.2) is 59.5 Å². The Morgan fingerprint density at radius 3 is 2.52 bits per heavy atom. The molecule has 6 rings (SSSR count). The number of morpholine rings is 1. The number of anilines is 5. The molecular formula is C31H34BrN8O3P. The fraction of sp³-hybridized carbons (Fsp3) is 0.290. The van der Waals surface area contributed by atoms with Crippen LogP contribution in [0, 0.1) is 6.92 Å². The van der Waals surface area contributed by atoms with E-state index >= 15 is 0 Å². The number of methoxy groups -OCH3 is 1. The van der Waals surface area contributed by atoms with E-state index in [1.165, 1.54) is 0 Å². The van der Waals surface area contributed by atoms with Gasteiger partial charge in [0.25, 0.3) is 0 Å². The van der Waals surface area contributed by atoms with Crippen LogP contribution in [0.25, 0.3) is 22.2 Å². The van der Waals surface area contributed by atoms with Gasteiger partial charge in [-0.1, -0.05) is 0 Å². The summed E-state index contributed by atoms with van der Waals surface area (Å²) in [5.74, 6) is 1.70. The van der Waals surface area contributed by atoms with Gasteiger partial charge in [0.2, 0.25) is 5.95 Å². The number of aromatic nitrogens is 5. The van der Waals surface area contributed by atoms with Crippen molar-refractivity contribution in [3.05, 3.63) is 65.0 Å². The maximum absolute atomic E-state index is 13.7. The molecule has 4 heterocycles. The molecule has 2 N–H and O–H groups in total. The Kier molecular flexibility index (Phi) is 8.32. The fourth-order valence-corrected chi connectivity index (χ4v) is 7.14. The first-order valence-electron chi connectivity index (χ1n) is 14.2. The number of nitrogens with zero attached hydrogens (tertiary/aromatic N) is 6. The normalized spacial score (nSPS) is 13.7. The van der Waals surface area contributed by atoms with Crippen LogP contribution in [0.3, 0.4) is 0 Å². The van der Waals surface area contributed by atoms with Gasteiger partial charge in [0.05, 0.1) is 53.6 Å². The lowest BCUT2D eigenvalue weighted by Gasteiger charge is -2.30. The average molecular weight is 678 g/mol. The molecule has 3 aromatic heterocycles. The highest BCUT2D eigenvalue weighted by molar-refractivity contribution is 9.10. The molecular weight excluding hydrogens is 643 g/mol. The van der Waals surface area contributed by atoms with E-state index in [-0.39, 0.29) is 0 Å². The monoisotopic (exact) mass is 676 g/mol. The number of hydrogen-bond donors (Lipinski definition) is 2. The quantitative estimate of drug-likeness (QED) is 0.187.